The summed E-state index contributed by atoms with van der Waals surface area (Å²) >= 11 is 0. The van der Waals surface area contributed by atoms with Gasteiger partial charge in [0.2, 0.25) is 0 Å². The van der Waals surface area contributed by atoms with Crippen molar-refractivity contribution in [3.05, 3.63) is 47.4 Å². The highest BCUT2D eigenvalue weighted by atomic mass is 32.2. The quantitative estimate of drug-likeness (QED) is 0.524. The first kappa shape index (κ1) is 27.0. The van der Waals surface area contributed by atoms with Crippen LogP contribution < -0.4 is 9.64 Å². The summed E-state index contributed by atoms with van der Waals surface area (Å²) in [6.45, 7) is 0.865. The van der Waals surface area contributed by atoms with Gasteiger partial charge in [0.05, 0.1) is 5.56 Å². The van der Waals surface area contributed by atoms with Crippen LogP contribution >= 0.6 is 0 Å². The molecule has 0 saturated carbocycles. The number of nitrogens with zero attached hydrogens (tertiary/aromatic N) is 3. The normalized spacial score (nSPS) is 19.9. The average Bonchev–Trinajstić information content (AvgIpc) is 2.81. The second kappa shape index (κ2) is 10.0. The van der Waals surface area contributed by atoms with Gasteiger partial charge in [0.25, 0.3) is 5.91 Å². The van der Waals surface area contributed by atoms with Crippen LogP contribution in [0.5, 0.6) is 5.75 Å². The number of carbonyl (C=O) groups is 1. The predicted molar refractivity (Wildman–Crippen MR) is 119 cm³/mol. The van der Waals surface area contributed by atoms with Crippen molar-refractivity contribution in [2.45, 2.75) is 48.9 Å². The monoisotopic (exact) mass is 551 g/mol. The van der Waals surface area contributed by atoms with Crippen molar-refractivity contribution in [3.63, 3.8) is 0 Å². The molecule has 14 heteroatoms. The van der Waals surface area contributed by atoms with E-state index < -0.39 is 61.7 Å². The Kier molecular flexibility index (Phi) is 7.32. The number of carbonyl (C=O) groups excluding carboxylic acids is 1. The third kappa shape index (κ3) is 5.78. The molecular weight excluding hydrogens is 528 g/mol. The molecule has 37 heavy (non-hydrogen) atoms. The largest absolute Gasteiger partial charge is 0.477 e. The number of alkyl halides is 3. The second-order valence-corrected chi connectivity index (χ2v) is 11.0. The first-order valence-corrected chi connectivity index (χ1v) is 13.3. The summed E-state index contributed by atoms with van der Waals surface area (Å²) in [7, 11) is -4.00. The summed E-state index contributed by atoms with van der Waals surface area (Å²) in [4.78, 5) is 19.0. The van der Waals surface area contributed by atoms with Gasteiger partial charge in [0.1, 0.15) is 10.7 Å². The zero-order chi connectivity index (χ0) is 27.1. The van der Waals surface area contributed by atoms with Gasteiger partial charge in [0, 0.05) is 44.2 Å². The van der Waals surface area contributed by atoms with Crippen molar-refractivity contribution in [2.24, 2.45) is 0 Å². The van der Waals surface area contributed by atoms with E-state index in [0.717, 1.165) is 6.26 Å². The van der Waals surface area contributed by atoms with Crippen molar-refractivity contribution in [1.29, 1.82) is 0 Å². The van der Waals surface area contributed by atoms with Gasteiger partial charge in [-0.25, -0.2) is 26.6 Å². The molecule has 0 unspecified atom stereocenters. The van der Waals surface area contributed by atoms with E-state index in [1.807, 2.05) is 0 Å². The van der Waals surface area contributed by atoms with Crippen LogP contribution in [-0.4, -0.2) is 62.2 Å². The summed E-state index contributed by atoms with van der Waals surface area (Å²) in [6.07, 6.45) is -3.00. The minimum absolute atomic E-state index is 0.201. The number of aromatic nitrogens is 1. The highest BCUT2D eigenvalue weighted by Gasteiger charge is 2.38. The Bertz CT molecular complexity index is 1300. The molecule has 2 aromatic rings. The van der Waals surface area contributed by atoms with Gasteiger partial charge in [-0.1, -0.05) is 0 Å². The number of benzene rings is 1. The molecule has 2 fully saturated rings. The highest BCUT2D eigenvalue weighted by molar-refractivity contribution is 7.90. The minimum atomic E-state index is -4.71. The summed E-state index contributed by atoms with van der Waals surface area (Å²) < 4.78 is 110. The van der Waals surface area contributed by atoms with Crippen molar-refractivity contribution >= 4 is 21.6 Å². The van der Waals surface area contributed by atoms with Gasteiger partial charge in [-0.05, 0) is 37.8 Å². The molecule has 202 valence electrons. The number of hydrogen-bond donors (Lipinski definition) is 0. The van der Waals surface area contributed by atoms with E-state index >= 15 is 0 Å². The Balaban J connectivity index is 1.41. The molecule has 2 saturated heterocycles. The lowest BCUT2D eigenvalue weighted by Gasteiger charge is -2.42. The number of amides is 1. The number of halogens is 6. The first-order valence-electron chi connectivity index (χ1n) is 11.4. The molecule has 0 aliphatic carbocycles. The van der Waals surface area contributed by atoms with E-state index in [1.54, 1.807) is 4.90 Å². The van der Waals surface area contributed by atoms with Crippen LogP contribution in [-0.2, 0) is 20.8 Å². The SMILES string of the molecule is CS(=O)(=O)c1cc(F)c(O[C@H]2CCCN(C3CCN(c4ncc(C(F)(F)F)cc4F)CC3)C2=O)cc1F. The maximum absolute atomic E-state index is 14.4. The zero-order valence-corrected chi connectivity index (χ0v) is 20.4. The molecule has 3 heterocycles. The number of ether oxygens (including phenoxy) is 1. The second-order valence-electron chi connectivity index (χ2n) is 9.01. The zero-order valence-electron chi connectivity index (χ0n) is 19.6. The Labute approximate surface area is 208 Å². The van der Waals surface area contributed by atoms with Crippen LogP contribution in [0.4, 0.5) is 32.2 Å². The van der Waals surface area contributed by atoms with Crippen molar-refractivity contribution in [3.8, 4) is 5.75 Å². The maximum Gasteiger partial charge on any atom is 0.417 e. The molecule has 1 amide bonds. The van der Waals surface area contributed by atoms with Crippen LogP contribution in [0.2, 0.25) is 0 Å². The number of anilines is 1. The highest BCUT2D eigenvalue weighted by Crippen LogP contribution is 2.33. The summed E-state index contributed by atoms with van der Waals surface area (Å²) in [5, 5.41) is 0. The Hall–Kier alpha value is -3.03. The van der Waals surface area contributed by atoms with Gasteiger partial charge < -0.3 is 14.5 Å². The molecular formula is C23H23F6N3O4S. The van der Waals surface area contributed by atoms with Crippen molar-refractivity contribution in [2.75, 3.05) is 30.8 Å². The molecule has 0 radical (unpaired) electrons. The number of rotatable bonds is 5. The Morgan fingerprint density at radius 3 is 2.24 bits per heavy atom. The number of sulfone groups is 1. The number of pyridine rings is 1. The fraction of sp³-hybridized carbons (Fsp3) is 0.478. The van der Waals surface area contributed by atoms with E-state index in [1.165, 1.54) is 4.90 Å². The van der Waals surface area contributed by atoms with Crippen molar-refractivity contribution < 1.29 is 44.3 Å². The van der Waals surface area contributed by atoms with Crippen LogP contribution in [0.25, 0.3) is 0 Å². The standard InChI is InChI=1S/C23H23F6N3O4S/c1-37(34,35)20-11-15(24)19(10-16(20)25)36-18-3-2-6-32(22(18)33)14-4-7-31(8-5-14)21-17(26)9-13(12-30-21)23(27,28)29/h9-12,14,18H,2-8H2,1H3/t18-/m0/s1. The van der Waals surface area contributed by atoms with Crippen molar-refractivity contribution in [1.82, 2.24) is 9.88 Å². The summed E-state index contributed by atoms with van der Waals surface area (Å²) in [5.41, 5.74) is -1.18. The van der Waals surface area contributed by atoms with Crippen LogP contribution in [0, 0.1) is 17.5 Å². The fourth-order valence-electron chi connectivity index (χ4n) is 4.58. The average molecular weight is 552 g/mol. The molecule has 1 aromatic heterocycles. The molecule has 2 aliphatic rings. The van der Waals surface area contributed by atoms with E-state index in [2.05, 4.69) is 4.98 Å². The van der Waals surface area contributed by atoms with Crippen LogP contribution in [0.3, 0.4) is 0 Å². The fourth-order valence-corrected chi connectivity index (χ4v) is 5.31. The lowest BCUT2D eigenvalue weighted by Crippen LogP contribution is -2.54. The molecule has 7 nitrogen and oxygen atoms in total. The molecule has 0 spiro atoms. The van der Waals surface area contributed by atoms with E-state index in [4.69, 9.17) is 4.74 Å². The molecule has 4 rings (SSSR count). The summed E-state index contributed by atoms with van der Waals surface area (Å²) in [5.74, 6) is -4.64. The smallest absolute Gasteiger partial charge is 0.417 e. The number of hydrogen-bond acceptors (Lipinski definition) is 6. The number of likely N-dealkylation sites (tertiary alicyclic amines) is 1. The minimum Gasteiger partial charge on any atom is -0.477 e. The third-order valence-electron chi connectivity index (χ3n) is 6.43. The van der Waals surface area contributed by atoms with Gasteiger partial charge in [-0.3, -0.25) is 4.79 Å². The van der Waals surface area contributed by atoms with Gasteiger partial charge in [-0.15, -0.1) is 0 Å². The Morgan fingerprint density at radius 2 is 1.65 bits per heavy atom. The first-order chi connectivity index (χ1) is 17.3. The maximum atomic E-state index is 14.4. The van der Waals surface area contributed by atoms with Gasteiger partial charge in [-0.2, -0.15) is 13.2 Å². The Morgan fingerprint density at radius 1 is 0.973 bits per heavy atom. The molecule has 0 bridgehead atoms. The van der Waals surface area contributed by atoms with Crippen LogP contribution in [0.15, 0.2) is 29.3 Å². The molecule has 1 aromatic carbocycles. The third-order valence-corrected chi connectivity index (χ3v) is 7.54. The van der Waals surface area contributed by atoms with Gasteiger partial charge >= 0.3 is 6.18 Å². The van der Waals surface area contributed by atoms with Gasteiger partial charge in [0.15, 0.2) is 39.1 Å². The lowest BCUT2D eigenvalue weighted by atomic mass is 9.98. The topological polar surface area (TPSA) is 79.8 Å². The number of piperidine rings is 2. The van der Waals surface area contributed by atoms with E-state index in [9.17, 15) is 39.6 Å². The van der Waals surface area contributed by atoms with E-state index in [-0.39, 0.29) is 31.4 Å². The lowest BCUT2D eigenvalue weighted by molar-refractivity contribution is -0.145. The summed E-state index contributed by atoms with van der Waals surface area (Å²) in [6, 6.07) is 1.23. The molecule has 2 aliphatic heterocycles. The van der Waals surface area contributed by atoms with E-state index in [0.29, 0.717) is 50.2 Å². The predicted octanol–water partition coefficient (Wildman–Crippen LogP) is 3.96. The van der Waals surface area contributed by atoms with Crippen LogP contribution in [0.1, 0.15) is 31.2 Å². The molecule has 1 atom stereocenters. The molecule has 0 N–H and O–H groups in total.